The lowest BCUT2D eigenvalue weighted by atomic mass is 9.96. The molecule has 2 heterocycles. The first-order chi connectivity index (χ1) is 23.3. The van der Waals surface area contributed by atoms with E-state index in [2.05, 4.69) is 169 Å². The van der Waals surface area contributed by atoms with Crippen molar-refractivity contribution in [1.29, 1.82) is 0 Å². The predicted molar refractivity (Wildman–Crippen MR) is 202 cm³/mol. The van der Waals surface area contributed by atoms with Crippen LogP contribution in [0.4, 0.5) is 17.1 Å². The molecule has 0 spiro atoms. The highest BCUT2D eigenvalue weighted by atomic mass is 32.1. The number of hydrogen-bond acceptors (Lipinski definition) is 3. The molecule has 0 unspecified atom stereocenters. The molecule has 0 N–H and O–H groups in total. The first-order valence-corrected chi connectivity index (χ1v) is 16.7. The topological polar surface area (TPSA) is 16.4 Å². The van der Waals surface area contributed by atoms with Crippen LogP contribution in [0, 0.1) is 0 Å². The van der Waals surface area contributed by atoms with Gasteiger partial charge in [0.15, 0.2) is 0 Å². The highest BCUT2D eigenvalue weighted by Crippen LogP contribution is 2.48. The fourth-order valence-electron chi connectivity index (χ4n) is 7.30. The molecule has 2 nitrogen and oxygen atoms in total. The third-order valence-electron chi connectivity index (χ3n) is 9.45. The van der Waals surface area contributed by atoms with Crippen LogP contribution in [-0.4, -0.2) is 0 Å². The van der Waals surface area contributed by atoms with Crippen molar-refractivity contribution in [1.82, 2.24) is 0 Å². The molecule has 47 heavy (non-hydrogen) atoms. The molecular formula is C44H27NOS. The van der Waals surface area contributed by atoms with E-state index in [1.54, 1.807) is 0 Å². The first kappa shape index (κ1) is 26.3. The van der Waals surface area contributed by atoms with E-state index >= 15 is 0 Å². The second-order valence-electron chi connectivity index (χ2n) is 12.1. The van der Waals surface area contributed by atoms with Gasteiger partial charge in [-0.3, -0.25) is 0 Å². The number of anilines is 3. The Morgan fingerprint density at radius 1 is 0.447 bits per heavy atom. The van der Waals surface area contributed by atoms with Gasteiger partial charge in [-0.1, -0.05) is 121 Å². The highest BCUT2D eigenvalue weighted by Gasteiger charge is 2.22. The highest BCUT2D eigenvalue weighted by molar-refractivity contribution is 7.26. The maximum atomic E-state index is 6.54. The van der Waals surface area contributed by atoms with E-state index < -0.39 is 0 Å². The molecule has 220 valence electrons. The summed E-state index contributed by atoms with van der Waals surface area (Å²) in [5.74, 6) is 0. The van der Waals surface area contributed by atoms with E-state index in [0.717, 1.165) is 38.7 Å². The molecule has 3 heteroatoms. The van der Waals surface area contributed by atoms with Crippen LogP contribution in [0.2, 0.25) is 0 Å². The number of nitrogens with zero attached hydrogens (tertiary/aromatic N) is 1. The molecular weight excluding hydrogens is 591 g/mol. The lowest BCUT2D eigenvalue weighted by molar-refractivity contribution is 0.672. The van der Waals surface area contributed by atoms with Gasteiger partial charge in [0, 0.05) is 42.7 Å². The fraction of sp³-hybridized carbons (Fsp3) is 0. The molecule has 0 aliphatic carbocycles. The molecule has 2 aromatic heterocycles. The molecule has 10 aromatic rings. The van der Waals surface area contributed by atoms with Gasteiger partial charge in [0.1, 0.15) is 11.2 Å². The largest absolute Gasteiger partial charge is 0.455 e. The minimum Gasteiger partial charge on any atom is -0.455 e. The summed E-state index contributed by atoms with van der Waals surface area (Å²) in [5.41, 5.74) is 7.67. The fourth-order valence-corrected chi connectivity index (χ4v) is 8.50. The summed E-state index contributed by atoms with van der Waals surface area (Å²) in [5, 5.41) is 9.56. The van der Waals surface area contributed by atoms with Crippen molar-refractivity contribution < 1.29 is 4.42 Å². The second kappa shape index (κ2) is 10.3. The summed E-state index contributed by atoms with van der Waals surface area (Å²) >= 11 is 1.86. The first-order valence-electron chi connectivity index (χ1n) is 15.9. The predicted octanol–water partition coefficient (Wildman–Crippen LogP) is 13.4. The van der Waals surface area contributed by atoms with Crippen LogP contribution in [0.5, 0.6) is 0 Å². The maximum absolute atomic E-state index is 6.54. The zero-order valence-corrected chi connectivity index (χ0v) is 26.2. The molecule has 0 amide bonds. The van der Waals surface area contributed by atoms with Gasteiger partial charge in [-0.05, 0) is 64.4 Å². The molecule has 0 aliphatic heterocycles. The molecule has 0 aliphatic rings. The summed E-state index contributed by atoms with van der Waals surface area (Å²) in [4.78, 5) is 2.45. The number of rotatable bonds is 4. The summed E-state index contributed by atoms with van der Waals surface area (Å²) in [7, 11) is 0. The zero-order valence-electron chi connectivity index (χ0n) is 25.4. The number of benzene rings is 8. The van der Waals surface area contributed by atoms with Crippen molar-refractivity contribution in [3.05, 3.63) is 164 Å². The van der Waals surface area contributed by atoms with Gasteiger partial charge in [0.25, 0.3) is 0 Å². The van der Waals surface area contributed by atoms with Crippen molar-refractivity contribution in [2.45, 2.75) is 0 Å². The minimum atomic E-state index is 0.893. The van der Waals surface area contributed by atoms with Crippen LogP contribution in [0.15, 0.2) is 168 Å². The third kappa shape index (κ3) is 4.04. The molecule has 0 atom stereocenters. The van der Waals surface area contributed by atoms with E-state index in [9.17, 15) is 0 Å². The second-order valence-corrected chi connectivity index (χ2v) is 13.1. The van der Waals surface area contributed by atoms with Gasteiger partial charge < -0.3 is 9.32 Å². The van der Waals surface area contributed by atoms with Crippen LogP contribution < -0.4 is 4.90 Å². The summed E-state index contributed by atoms with van der Waals surface area (Å²) in [6.07, 6.45) is 0. The zero-order chi connectivity index (χ0) is 30.9. The Bertz CT molecular complexity index is 2810. The Labute approximate surface area is 275 Å². The third-order valence-corrected chi connectivity index (χ3v) is 10.7. The van der Waals surface area contributed by atoms with E-state index in [1.165, 1.54) is 53.1 Å². The van der Waals surface area contributed by atoms with E-state index in [1.807, 2.05) is 11.3 Å². The SMILES string of the molecule is c1ccc(-c2ccc(N(c3ccc4oc5c6ccccc6ccc5c4c3)c3cccc4c3sc3ccccc34)c3ccccc23)cc1. The Balaban J connectivity index is 1.28. The van der Waals surface area contributed by atoms with Crippen LogP contribution in [0.3, 0.4) is 0 Å². The van der Waals surface area contributed by atoms with Crippen LogP contribution in [0.1, 0.15) is 0 Å². The maximum Gasteiger partial charge on any atom is 0.143 e. The van der Waals surface area contributed by atoms with Gasteiger partial charge in [0.05, 0.1) is 16.1 Å². The number of thiophene rings is 1. The van der Waals surface area contributed by atoms with Gasteiger partial charge in [-0.15, -0.1) is 11.3 Å². The minimum absolute atomic E-state index is 0.893. The molecule has 0 bridgehead atoms. The quantitative estimate of drug-likeness (QED) is 0.195. The monoisotopic (exact) mass is 617 g/mol. The average molecular weight is 618 g/mol. The Kier molecular flexibility index (Phi) is 5.78. The Morgan fingerprint density at radius 3 is 2.09 bits per heavy atom. The van der Waals surface area contributed by atoms with Gasteiger partial charge in [-0.2, -0.15) is 0 Å². The van der Waals surface area contributed by atoms with E-state index in [-0.39, 0.29) is 0 Å². The van der Waals surface area contributed by atoms with E-state index in [0.29, 0.717) is 0 Å². The number of fused-ring (bicyclic) bond motifs is 9. The Hall–Kier alpha value is -5.90. The smallest absolute Gasteiger partial charge is 0.143 e. The molecule has 0 saturated heterocycles. The van der Waals surface area contributed by atoms with Crippen molar-refractivity contribution in [2.24, 2.45) is 0 Å². The van der Waals surface area contributed by atoms with Gasteiger partial charge >= 0.3 is 0 Å². The number of hydrogen-bond donors (Lipinski definition) is 0. The Morgan fingerprint density at radius 2 is 1.19 bits per heavy atom. The number of furan rings is 1. The lowest BCUT2D eigenvalue weighted by Crippen LogP contribution is -2.10. The van der Waals surface area contributed by atoms with Gasteiger partial charge in [0.2, 0.25) is 0 Å². The van der Waals surface area contributed by atoms with Crippen LogP contribution >= 0.6 is 11.3 Å². The molecule has 0 saturated carbocycles. The van der Waals surface area contributed by atoms with Crippen LogP contribution in [-0.2, 0) is 0 Å². The average Bonchev–Trinajstić information content (AvgIpc) is 3.71. The normalized spacial score (nSPS) is 11.8. The van der Waals surface area contributed by atoms with Crippen molar-refractivity contribution >= 4 is 92.1 Å². The van der Waals surface area contributed by atoms with Crippen molar-refractivity contribution in [3.63, 3.8) is 0 Å². The molecule has 0 fully saturated rings. The summed E-state index contributed by atoms with van der Waals surface area (Å²) < 4.78 is 9.11. The summed E-state index contributed by atoms with van der Waals surface area (Å²) in [6, 6.07) is 59.0. The lowest BCUT2D eigenvalue weighted by Gasteiger charge is -2.28. The molecule has 8 aromatic carbocycles. The van der Waals surface area contributed by atoms with Crippen molar-refractivity contribution in [3.8, 4) is 11.1 Å². The summed E-state index contributed by atoms with van der Waals surface area (Å²) in [6.45, 7) is 0. The molecule has 0 radical (unpaired) electrons. The van der Waals surface area contributed by atoms with Crippen molar-refractivity contribution in [2.75, 3.05) is 4.90 Å². The van der Waals surface area contributed by atoms with E-state index in [4.69, 9.17) is 4.42 Å². The molecule has 10 rings (SSSR count). The van der Waals surface area contributed by atoms with Gasteiger partial charge in [-0.25, -0.2) is 0 Å². The van der Waals surface area contributed by atoms with Crippen LogP contribution in [0.25, 0.3) is 74.8 Å². The standard InChI is InChI=1S/C44H27NOS/c1-2-11-28(12-3-1)31-24-25-39(34-16-7-6-15-33(31)34)45(40-19-10-18-37-35-17-8-9-20-42(35)47-44(37)40)30-22-26-41-38(27-30)36-23-21-29-13-4-5-14-32(29)43(36)46-41/h1-27H.